The van der Waals surface area contributed by atoms with Crippen LogP contribution in [0.4, 0.5) is 0 Å². The maximum atomic E-state index is 10.8. The van der Waals surface area contributed by atoms with Gasteiger partial charge in [0.1, 0.15) is 0 Å². The van der Waals surface area contributed by atoms with Gasteiger partial charge in [0.25, 0.3) is 0 Å². The van der Waals surface area contributed by atoms with Gasteiger partial charge in [-0.05, 0) is 6.07 Å². The first-order valence-electron chi connectivity index (χ1n) is 2.77. The van der Waals surface area contributed by atoms with Crippen molar-refractivity contribution in [2.75, 3.05) is 5.94 Å². The number of aliphatic hydroxyl groups is 1. The fourth-order valence-electron chi connectivity index (χ4n) is 0.504. The molecule has 1 heterocycles. The second kappa shape index (κ2) is 2.93. The maximum Gasteiger partial charge on any atom is 0.249 e. The van der Waals surface area contributed by atoms with Gasteiger partial charge in [-0.3, -0.25) is 0 Å². The highest BCUT2D eigenvalue weighted by molar-refractivity contribution is 7.91. The quantitative estimate of drug-likeness (QED) is 0.594. The number of nitrogens with zero attached hydrogens (tertiary/aromatic N) is 2. The van der Waals surface area contributed by atoms with Crippen molar-refractivity contribution in [3.05, 3.63) is 18.5 Å². The topological polar surface area (TPSA) is 80.2 Å². The van der Waals surface area contributed by atoms with Crippen LogP contribution in [0.2, 0.25) is 0 Å². The fourth-order valence-corrected chi connectivity index (χ4v) is 1.06. The first-order chi connectivity index (χ1) is 5.17. The van der Waals surface area contributed by atoms with E-state index in [2.05, 4.69) is 9.97 Å². The average Bonchev–Trinajstić information content (AvgIpc) is 2.06. The molecule has 0 saturated heterocycles. The summed E-state index contributed by atoms with van der Waals surface area (Å²) in [7, 11) is -3.66. The molecule has 0 aliphatic heterocycles. The molecule has 11 heavy (non-hydrogen) atoms. The van der Waals surface area contributed by atoms with Gasteiger partial charge in [0, 0.05) is 12.4 Å². The van der Waals surface area contributed by atoms with Crippen LogP contribution in [0.1, 0.15) is 0 Å². The third kappa shape index (κ3) is 1.72. The Morgan fingerprint density at radius 3 is 2.36 bits per heavy atom. The van der Waals surface area contributed by atoms with Crippen molar-refractivity contribution in [3.63, 3.8) is 0 Å². The Balaban J connectivity index is 3.14. The minimum absolute atomic E-state index is 0.345. The van der Waals surface area contributed by atoms with Gasteiger partial charge in [-0.1, -0.05) is 0 Å². The molecule has 5 nitrogen and oxygen atoms in total. The summed E-state index contributed by atoms with van der Waals surface area (Å²) in [6, 6.07) is 1.50. The van der Waals surface area contributed by atoms with Gasteiger partial charge >= 0.3 is 0 Å². The van der Waals surface area contributed by atoms with Crippen LogP contribution in [-0.2, 0) is 9.84 Å². The van der Waals surface area contributed by atoms with E-state index in [1.165, 1.54) is 18.5 Å². The molecule has 1 aromatic heterocycles. The summed E-state index contributed by atoms with van der Waals surface area (Å²) in [5, 5.41) is 8.03. The Morgan fingerprint density at radius 2 is 1.91 bits per heavy atom. The highest BCUT2D eigenvalue weighted by Gasteiger charge is 2.14. The highest BCUT2D eigenvalue weighted by atomic mass is 32.2. The summed E-state index contributed by atoms with van der Waals surface area (Å²) in [4.78, 5) is 6.92. The summed E-state index contributed by atoms with van der Waals surface area (Å²) in [5.41, 5.74) is 0. The molecule has 6 heteroatoms. The standard InChI is InChI=1S/C5H6N2O3S/c8-4-11(9,10)5-6-2-1-3-7-5/h1-3,8H,4H2. The summed E-state index contributed by atoms with van der Waals surface area (Å²) >= 11 is 0. The molecule has 0 bridgehead atoms. The van der Waals surface area contributed by atoms with Crippen molar-refractivity contribution in [2.24, 2.45) is 0 Å². The number of sulfone groups is 1. The maximum absolute atomic E-state index is 10.8. The molecule has 0 fully saturated rings. The molecule has 0 unspecified atom stereocenters. The second-order valence-corrected chi connectivity index (χ2v) is 3.63. The van der Waals surface area contributed by atoms with Crippen LogP contribution in [0.25, 0.3) is 0 Å². The number of aromatic nitrogens is 2. The van der Waals surface area contributed by atoms with Crippen molar-refractivity contribution in [1.29, 1.82) is 0 Å². The smallest absolute Gasteiger partial charge is 0.249 e. The van der Waals surface area contributed by atoms with Gasteiger partial charge in [0.2, 0.25) is 15.0 Å². The monoisotopic (exact) mass is 174 g/mol. The van der Waals surface area contributed by atoms with Crippen LogP contribution < -0.4 is 0 Å². The summed E-state index contributed by atoms with van der Waals surface area (Å²) in [6.45, 7) is 0. The third-order valence-corrected chi connectivity index (χ3v) is 2.10. The molecule has 0 atom stereocenters. The van der Waals surface area contributed by atoms with Crippen molar-refractivity contribution in [2.45, 2.75) is 5.16 Å². The molecule has 0 spiro atoms. The highest BCUT2D eigenvalue weighted by Crippen LogP contribution is 1.99. The number of hydrogen-bond acceptors (Lipinski definition) is 5. The van der Waals surface area contributed by atoms with E-state index in [1.807, 2.05) is 0 Å². The van der Waals surface area contributed by atoms with E-state index < -0.39 is 15.8 Å². The van der Waals surface area contributed by atoms with Gasteiger partial charge < -0.3 is 5.11 Å². The Hall–Kier alpha value is -1.01. The molecule has 1 N–H and O–H groups in total. The lowest BCUT2D eigenvalue weighted by Gasteiger charge is -1.95. The number of aliphatic hydroxyl groups excluding tert-OH is 1. The minimum atomic E-state index is -3.66. The first-order valence-corrected chi connectivity index (χ1v) is 4.42. The van der Waals surface area contributed by atoms with Crippen LogP contribution >= 0.6 is 0 Å². The van der Waals surface area contributed by atoms with Crippen LogP contribution in [-0.4, -0.2) is 29.4 Å². The van der Waals surface area contributed by atoms with Crippen LogP contribution in [0.15, 0.2) is 23.6 Å². The lowest BCUT2D eigenvalue weighted by atomic mass is 10.7. The molecule has 0 aliphatic rings. The Kier molecular flexibility index (Phi) is 2.16. The van der Waals surface area contributed by atoms with Crippen molar-refractivity contribution < 1.29 is 13.5 Å². The summed E-state index contributed by atoms with van der Waals surface area (Å²) in [5.74, 6) is -0.961. The average molecular weight is 174 g/mol. The molecule has 1 aromatic rings. The van der Waals surface area contributed by atoms with E-state index in [9.17, 15) is 8.42 Å². The van der Waals surface area contributed by atoms with Gasteiger partial charge in [0.05, 0.1) is 0 Å². The Morgan fingerprint density at radius 1 is 1.36 bits per heavy atom. The number of hydrogen-bond donors (Lipinski definition) is 1. The molecule has 0 aromatic carbocycles. The molecule has 0 amide bonds. The van der Waals surface area contributed by atoms with Crippen LogP contribution in [0.3, 0.4) is 0 Å². The molecular weight excluding hydrogens is 168 g/mol. The van der Waals surface area contributed by atoms with E-state index in [-0.39, 0.29) is 5.16 Å². The molecule has 1 rings (SSSR count). The lowest BCUT2D eigenvalue weighted by Crippen LogP contribution is -2.09. The van der Waals surface area contributed by atoms with Crippen molar-refractivity contribution in [3.8, 4) is 0 Å². The number of rotatable bonds is 2. The third-order valence-electron chi connectivity index (χ3n) is 0.990. The largest absolute Gasteiger partial charge is 0.380 e. The predicted molar refractivity (Wildman–Crippen MR) is 36.3 cm³/mol. The second-order valence-electron chi connectivity index (χ2n) is 1.78. The molecule has 0 radical (unpaired) electrons. The van der Waals surface area contributed by atoms with Crippen LogP contribution in [0.5, 0.6) is 0 Å². The van der Waals surface area contributed by atoms with Gasteiger partial charge in [-0.25, -0.2) is 18.4 Å². The SMILES string of the molecule is O=S(=O)(CO)c1ncccn1. The van der Waals surface area contributed by atoms with E-state index in [4.69, 9.17) is 5.11 Å². The summed E-state index contributed by atoms with van der Waals surface area (Å²) < 4.78 is 21.7. The molecule has 0 aliphatic carbocycles. The van der Waals surface area contributed by atoms with Crippen LogP contribution in [0, 0.1) is 0 Å². The van der Waals surface area contributed by atoms with E-state index in [1.54, 1.807) is 0 Å². The summed E-state index contributed by atoms with van der Waals surface area (Å²) in [6.07, 6.45) is 2.60. The van der Waals surface area contributed by atoms with E-state index in [0.29, 0.717) is 0 Å². The Bertz CT molecular complexity index is 321. The normalized spacial score (nSPS) is 11.4. The lowest BCUT2D eigenvalue weighted by molar-refractivity contribution is 0.357. The van der Waals surface area contributed by atoms with E-state index in [0.717, 1.165) is 0 Å². The predicted octanol–water partition coefficient (Wildman–Crippen LogP) is -0.800. The zero-order valence-corrected chi connectivity index (χ0v) is 6.32. The minimum Gasteiger partial charge on any atom is -0.380 e. The van der Waals surface area contributed by atoms with Gasteiger partial charge in [-0.2, -0.15) is 0 Å². The zero-order chi connectivity index (χ0) is 8.32. The van der Waals surface area contributed by atoms with Crippen molar-refractivity contribution in [1.82, 2.24) is 9.97 Å². The van der Waals surface area contributed by atoms with Gasteiger partial charge in [-0.15, -0.1) is 0 Å². The fraction of sp³-hybridized carbons (Fsp3) is 0.200. The zero-order valence-electron chi connectivity index (χ0n) is 5.51. The Labute approximate surface area is 63.7 Å². The molecule has 60 valence electrons. The van der Waals surface area contributed by atoms with Gasteiger partial charge in [0.15, 0.2) is 5.94 Å². The van der Waals surface area contributed by atoms with Crippen molar-refractivity contribution >= 4 is 9.84 Å². The molecule has 0 saturated carbocycles. The van der Waals surface area contributed by atoms with E-state index >= 15 is 0 Å². The first kappa shape index (κ1) is 8.09. The molecular formula is C5H6N2O3S.